The van der Waals surface area contributed by atoms with Gasteiger partial charge in [0.1, 0.15) is 11.5 Å². The summed E-state index contributed by atoms with van der Waals surface area (Å²) < 4.78 is 13.6. The standard InChI is InChI=1S/C22H21FN2O2/c23-17-8-5-6-15(12-17)14-25(18-9-2-3-10-18)22(27)20-13-16-7-1-4-11-19(16)21(26)24-20/h1,4-8,11-13,18H,2-3,9-10,14H2,(H,24,26). The number of nitrogens with zero attached hydrogens (tertiary/aromatic N) is 1. The Balaban J connectivity index is 1.71. The third-order valence-electron chi connectivity index (χ3n) is 5.25. The van der Waals surface area contributed by atoms with Gasteiger partial charge in [-0.25, -0.2) is 4.39 Å². The molecule has 0 spiro atoms. The Morgan fingerprint density at radius 3 is 2.63 bits per heavy atom. The number of benzene rings is 2. The van der Waals surface area contributed by atoms with Gasteiger partial charge in [-0.2, -0.15) is 0 Å². The van der Waals surface area contributed by atoms with Crippen LogP contribution in [0.1, 0.15) is 41.7 Å². The first-order valence-corrected chi connectivity index (χ1v) is 9.29. The van der Waals surface area contributed by atoms with E-state index >= 15 is 0 Å². The van der Waals surface area contributed by atoms with Crippen LogP contribution in [0.3, 0.4) is 0 Å². The van der Waals surface area contributed by atoms with Gasteiger partial charge < -0.3 is 9.88 Å². The van der Waals surface area contributed by atoms with Crippen LogP contribution in [0.25, 0.3) is 10.8 Å². The number of halogens is 1. The molecule has 1 fully saturated rings. The predicted octanol–water partition coefficient (Wildman–Crippen LogP) is 4.25. The first-order valence-electron chi connectivity index (χ1n) is 9.29. The topological polar surface area (TPSA) is 53.2 Å². The molecule has 5 heteroatoms. The first-order chi connectivity index (χ1) is 13.1. The fourth-order valence-electron chi connectivity index (χ4n) is 3.90. The van der Waals surface area contributed by atoms with Crippen molar-refractivity contribution >= 4 is 16.7 Å². The summed E-state index contributed by atoms with van der Waals surface area (Å²) in [6.45, 7) is 0.329. The number of aromatic amines is 1. The van der Waals surface area contributed by atoms with E-state index in [0.29, 0.717) is 11.9 Å². The Kier molecular flexibility index (Phi) is 4.75. The van der Waals surface area contributed by atoms with E-state index in [2.05, 4.69) is 4.98 Å². The molecule has 27 heavy (non-hydrogen) atoms. The largest absolute Gasteiger partial charge is 0.330 e. The molecule has 4 nitrogen and oxygen atoms in total. The second kappa shape index (κ2) is 7.35. The molecule has 1 aliphatic rings. The Hall–Kier alpha value is -2.95. The summed E-state index contributed by atoms with van der Waals surface area (Å²) in [5.41, 5.74) is 0.758. The van der Waals surface area contributed by atoms with Crippen molar-refractivity contribution < 1.29 is 9.18 Å². The van der Waals surface area contributed by atoms with E-state index in [4.69, 9.17) is 0 Å². The number of pyridine rings is 1. The smallest absolute Gasteiger partial charge is 0.270 e. The fraction of sp³-hybridized carbons (Fsp3) is 0.273. The van der Waals surface area contributed by atoms with E-state index in [0.717, 1.165) is 36.6 Å². The lowest BCUT2D eigenvalue weighted by Crippen LogP contribution is -2.39. The van der Waals surface area contributed by atoms with Crippen LogP contribution in [0, 0.1) is 5.82 Å². The fourth-order valence-corrected chi connectivity index (χ4v) is 3.90. The highest BCUT2D eigenvalue weighted by atomic mass is 19.1. The molecule has 1 aliphatic carbocycles. The first kappa shape index (κ1) is 17.5. The molecule has 1 heterocycles. The molecular weight excluding hydrogens is 343 g/mol. The summed E-state index contributed by atoms with van der Waals surface area (Å²) >= 11 is 0. The lowest BCUT2D eigenvalue weighted by molar-refractivity contribution is 0.0658. The maximum Gasteiger partial charge on any atom is 0.270 e. The van der Waals surface area contributed by atoms with Crippen molar-refractivity contribution in [1.82, 2.24) is 9.88 Å². The zero-order chi connectivity index (χ0) is 18.8. The lowest BCUT2D eigenvalue weighted by Gasteiger charge is -2.29. The lowest BCUT2D eigenvalue weighted by atomic mass is 10.1. The molecule has 2 aromatic carbocycles. The molecule has 0 radical (unpaired) electrons. The maximum atomic E-state index is 13.6. The quantitative estimate of drug-likeness (QED) is 0.752. The van der Waals surface area contributed by atoms with Crippen molar-refractivity contribution in [2.24, 2.45) is 0 Å². The number of hydrogen-bond acceptors (Lipinski definition) is 2. The van der Waals surface area contributed by atoms with E-state index in [1.807, 2.05) is 18.2 Å². The summed E-state index contributed by atoms with van der Waals surface area (Å²) in [6, 6.07) is 15.4. The van der Waals surface area contributed by atoms with Crippen molar-refractivity contribution in [2.75, 3.05) is 0 Å². The molecule has 0 aliphatic heterocycles. The number of fused-ring (bicyclic) bond motifs is 1. The molecule has 1 N–H and O–H groups in total. The van der Waals surface area contributed by atoms with Crippen LogP contribution in [-0.2, 0) is 6.54 Å². The van der Waals surface area contributed by atoms with Crippen LogP contribution >= 0.6 is 0 Å². The number of aromatic nitrogens is 1. The highest BCUT2D eigenvalue weighted by molar-refractivity contribution is 5.96. The molecule has 0 unspecified atom stereocenters. The zero-order valence-electron chi connectivity index (χ0n) is 15.0. The van der Waals surface area contributed by atoms with Gasteiger partial charge in [0, 0.05) is 18.0 Å². The summed E-state index contributed by atoms with van der Waals surface area (Å²) in [7, 11) is 0. The number of H-pyrrole nitrogens is 1. The average molecular weight is 364 g/mol. The molecule has 0 atom stereocenters. The highest BCUT2D eigenvalue weighted by Crippen LogP contribution is 2.26. The van der Waals surface area contributed by atoms with Crippen LogP contribution in [-0.4, -0.2) is 21.8 Å². The van der Waals surface area contributed by atoms with Gasteiger partial charge >= 0.3 is 0 Å². The Morgan fingerprint density at radius 2 is 1.85 bits per heavy atom. The van der Waals surface area contributed by atoms with Crippen molar-refractivity contribution in [2.45, 2.75) is 38.3 Å². The second-order valence-corrected chi connectivity index (χ2v) is 7.10. The Morgan fingerprint density at radius 1 is 1.07 bits per heavy atom. The highest BCUT2D eigenvalue weighted by Gasteiger charge is 2.28. The van der Waals surface area contributed by atoms with Crippen molar-refractivity contribution in [3.63, 3.8) is 0 Å². The van der Waals surface area contributed by atoms with Gasteiger partial charge in [-0.1, -0.05) is 43.2 Å². The minimum absolute atomic E-state index is 0.107. The summed E-state index contributed by atoms with van der Waals surface area (Å²) in [6.07, 6.45) is 4.01. The summed E-state index contributed by atoms with van der Waals surface area (Å²) in [5, 5.41) is 1.30. The number of carbonyl (C=O) groups is 1. The molecule has 1 aromatic heterocycles. The van der Waals surface area contributed by atoms with Gasteiger partial charge in [0.2, 0.25) is 0 Å². The van der Waals surface area contributed by atoms with Crippen molar-refractivity contribution in [3.8, 4) is 0 Å². The van der Waals surface area contributed by atoms with Crippen LogP contribution in [0.2, 0.25) is 0 Å². The maximum absolute atomic E-state index is 13.6. The summed E-state index contributed by atoms with van der Waals surface area (Å²) in [5.74, 6) is -0.528. The predicted molar refractivity (Wildman–Crippen MR) is 103 cm³/mol. The van der Waals surface area contributed by atoms with E-state index in [1.165, 1.54) is 12.1 Å². The average Bonchev–Trinajstić information content (AvgIpc) is 3.20. The molecule has 138 valence electrons. The number of rotatable bonds is 4. The van der Waals surface area contributed by atoms with Gasteiger partial charge in [0.15, 0.2) is 0 Å². The number of nitrogens with one attached hydrogen (secondary N) is 1. The van der Waals surface area contributed by atoms with Crippen molar-refractivity contribution in [3.05, 3.63) is 82.0 Å². The number of carbonyl (C=O) groups excluding carboxylic acids is 1. The molecule has 0 saturated heterocycles. The molecule has 1 amide bonds. The minimum Gasteiger partial charge on any atom is -0.330 e. The van der Waals surface area contributed by atoms with Crippen LogP contribution in [0.4, 0.5) is 4.39 Å². The Bertz CT molecular complexity index is 1040. The van der Waals surface area contributed by atoms with Crippen LogP contribution in [0.15, 0.2) is 59.4 Å². The zero-order valence-corrected chi connectivity index (χ0v) is 15.0. The molecule has 4 rings (SSSR count). The molecular formula is C22H21FN2O2. The number of hydrogen-bond donors (Lipinski definition) is 1. The van der Waals surface area contributed by atoms with Crippen LogP contribution < -0.4 is 5.56 Å². The second-order valence-electron chi connectivity index (χ2n) is 7.10. The van der Waals surface area contributed by atoms with Gasteiger partial charge in [-0.3, -0.25) is 9.59 Å². The summed E-state index contributed by atoms with van der Waals surface area (Å²) in [4.78, 5) is 30.2. The molecule has 0 bridgehead atoms. The molecule has 3 aromatic rings. The van der Waals surface area contributed by atoms with Gasteiger partial charge in [0.05, 0.1) is 0 Å². The van der Waals surface area contributed by atoms with E-state index in [9.17, 15) is 14.0 Å². The van der Waals surface area contributed by atoms with Gasteiger partial charge in [0.25, 0.3) is 11.5 Å². The van der Waals surface area contributed by atoms with Gasteiger partial charge in [-0.05, 0) is 48.1 Å². The van der Waals surface area contributed by atoms with E-state index in [-0.39, 0.29) is 29.0 Å². The molecule has 1 saturated carbocycles. The van der Waals surface area contributed by atoms with Gasteiger partial charge in [-0.15, -0.1) is 0 Å². The Labute approximate surface area is 156 Å². The third kappa shape index (κ3) is 3.63. The normalized spacial score (nSPS) is 14.6. The van der Waals surface area contributed by atoms with Crippen LogP contribution in [0.5, 0.6) is 0 Å². The van der Waals surface area contributed by atoms with E-state index < -0.39 is 0 Å². The minimum atomic E-state index is -0.314. The third-order valence-corrected chi connectivity index (χ3v) is 5.25. The monoisotopic (exact) mass is 364 g/mol. The van der Waals surface area contributed by atoms with E-state index in [1.54, 1.807) is 29.2 Å². The number of amides is 1. The van der Waals surface area contributed by atoms with Crippen molar-refractivity contribution in [1.29, 1.82) is 0 Å². The SMILES string of the molecule is O=C(c1cc2ccccc2c(=O)[nH]1)N(Cc1cccc(F)c1)C1CCCC1.